The first-order chi connectivity index (χ1) is 8.04. The van der Waals surface area contributed by atoms with E-state index in [-0.39, 0.29) is 23.1 Å². The Morgan fingerprint density at radius 1 is 1.59 bits per heavy atom. The quantitative estimate of drug-likeness (QED) is 0.646. The summed E-state index contributed by atoms with van der Waals surface area (Å²) in [5.74, 6) is 1.60. The topological polar surface area (TPSA) is 63.4 Å². The van der Waals surface area contributed by atoms with Gasteiger partial charge in [-0.3, -0.25) is 10.1 Å². The minimum Gasteiger partial charge on any atom is -0.396 e. The van der Waals surface area contributed by atoms with Gasteiger partial charge in [0.15, 0.2) is 0 Å². The molecule has 94 valence electrons. The maximum absolute atomic E-state index is 10.9. The zero-order chi connectivity index (χ0) is 12.8. The molecule has 1 aromatic carbocycles. The largest absolute Gasteiger partial charge is 0.396 e. The molecule has 1 N–H and O–H groups in total. The van der Waals surface area contributed by atoms with Crippen LogP contribution in [-0.4, -0.2) is 22.4 Å². The summed E-state index contributed by atoms with van der Waals surface area (Å²) in [7, 11) is 0. The molecule has 4 nitrogen and oxygen atoms in total. The van der Waals surface area contributed by atoms with Gasteiger partial charge in [-0.25, -0.2) is 0 Å². The third-order valence-electron chi connectivity index (χ3n) is 2.22. The number of nitro groups is 1. The minimum atomic E-state index is -0.365. The Bertz CT molecular complexity index is 400. The number of nitrogens with zero attached hydrogens (tertiary/aromatic N) is 1. The number of rotatable bonds is 6. The zero-order valence-corrected chi connectivity index (χ0v) is 11.8. The van der Waals surface area contributed by atoms with Crippen LogP contribution in [0.4, 0.5) is 5.69 Å². The van der Waals surface area contributed by atoms with E-state index in [0.717, 1.165) is 5.75 Å². The maximum Gasteiger partial charge on any atom is 0.274 e. The van der Waals surface area contributed by atoms with E-state index in [1.165, 1.54) is 6.07 Å². The average Bonchev–Trinajstić information content (AvgIpc) is 2.30. The van der Waals surface area contributed by atoms with Gasteiger partial charge in [0.1, 0.15) is 0 Å². The fourth-order valence-corrected chi connectivity index (χ4v) is 2.69. The summed E-state index contributed by atoms with van der Waals surface area (Å²) in [6, 6.07) is 5.09. The number of hydrogen-bond donors (Lipinski definition) is 1. The molecular formula is C11H14BrNO3S. The monoisotopic (exact) mass is 319 g/mol. The van der Waals surface area contributed by atoms with Crippen molar-refractivity contribution in [3.05, 3.63) is 38.3 Å². The SMILES string of the molecule is CC(CO)CSCc1ccc(Br)cc1[N+](=O)[O-]. The van der Waals surface area contributed by atoms with Gasteiger partial charge in [-0.2, -0.15) is 11.8 Å². The Hall–Kier alpha value is -0.590. The van der Waals surface area contributed by atoms with E-state index in [1.807, 2.05) is 6.92 Å². The van der Waals surface area contributed by atoms with Gasteiger partial charge >= 0.3 is 0 Å². The fourth-order valence-electron chi connectivity index (χ4n) is 1.25. The second-order valence-electron chi connectivity index (χ2n) is 3.83. The maximum atomic E-state index is 10.9. The molecule has 0 heterocycles. The molecule has 6 heteroatoms. The molecule has 0 aliphatic rings. The second kappa shape index (κ2) is 6.98. The fraction of sp³-hybridized carbons (Fsp3) is 0.455. The predicted molar refractivity (Wildman–Crippen MR) is 73.2 cm³/mol. The lowest BCUT2D eigenvalue weighted by Gasteiger charge is -2.07. The molecular weight excluding hydrogens is 306 g/mol. The third kappa shape index (κ3) is 4.65. The van der Waals surface area contributed by atoms with Crippen LogP contribution in [0, 0.1) is 16.0 Å². The summed E-state index contributed by atoms with van der Waals surface area (Å²) in [5, 5.41) is 19.7. The molecule has 0 fully saturated rings. The lowest BCUT2D eigenvalue weighted by molar-refractivity contribution is -0.385. The van der Waals surface area contributed by atoms with Crippen LogP contribution in [0.25, 0.3) is 0 Å². The van der Waals surface area contributed by atoms with Crippen molar-refractivity contribution in [2.24, 2.45) is 5.92 Å². The first kappa shape index (κ1) is 14.5. The van der Waals surface area contributed by atoms with E-state index in [2.05, 4.69) is 15.9 Å². The third-order valence-corrected chi connectivity index (χ3v) is 4.03. The molecule has 0 saturated carbocycles. The lowest BCUT2D eigenvalue weighted by atomic mass is 10.2. The highest BCUT2D eigenvalue weighted by Gasteiger charge is 2.14. The van der Waals surface area contributed by atoms with E-state index in [0.29, 0.717) is 15.8 Å². The van der Waals surface area contributed by atoms with Crippen LogP contribution < -0.4 is 0 Å². The molecule has 0 aromatic heterocycles. The van der Waals surface area contributed by atoms with E-state index in [9.17, 15) is 10.1 Å². The predicted octanol–water partition coefficient (Wildman–Crippen LogP) is 3.22. The minimum absolute atomic E-state index is 0.142. The van der Waals surface area contributed by atoms with Gasteiger partial charge in [0.05, 0.1) is 4.92 Å². The average molecular weight is 320 g/mol. The molecule has 0 amide bonds. The Labute approximate surface area is 113 Å². The molecule has 1 atom stereocenters. The summed E-state index contributed by atoms with van der Waals surface area (Å²) in [5.41, 5.74) is 0.858. The van der Waals surface area contributed by atoms with Crippen molar-refractivity contribution < 1.29 is 10.0 Å². The van der Waals surface area contributed by atoms with Crippen LogP contribution in [0.1, 0.15) is 12.5 Å². The van der Waals surface area contributed by atoms with Crippen molar-refractivity contribution in [3.63, 3.8) is 0 Å². The highest BCUT2D eigenvalue weighted by molar-refractivity contribution is 9.10. The van der Waals surface area contributed by atoms with Crippen LogP contribution in [0.5, 0.6) is 0 Å². The molecule has 0 saturated heterocycles. The second-order valence-corrected chi connectivity index (χ2v) is 5.78. The van der Waals surface area contributed by atoms with Crippen LogP contribution in [0.15, 0.2) is 22.7 Å². The van der Waals surface area contributed by atoms with E-state index >= 15 is 0 Å². The zero-order valence-electron chi connectivity index (χ0n) is 9.43. The molecule has 1 aromatic rings. The highest BCUT2D eigenvalue weighted by atomic mass is 79.9. The summed E-state index contributed by atoms with van der Waals surface area (Å²) in [6.45, 7) is 2.10. The lowest BCUT2D eigenvalue weighted by Crippen LogP contribution is -2.04. The normalized spacial score (nSPS) is 12.4. The van der Waals surface area contributed by atoms with Crippen molar-refractivity contribution >= 4 is 33.4 Å². The molecule has 0 radical (unpaired) electrons. The molecule has 0 aliphatic heterocycles. The van der Waals surface area contributed by atoms with Gasteiger partial charge in [-0.05, 0) is 17.7 Å². The Morgan fingerprint density at radius 3 is 2.88 bits per heavy atom. The number of hydrogen-bond acceptors (Lipinski definition) is 4. The molecule has 1 unspecified atom stereocenters. The Kier molecular flexibility index (Phi) is 5.94. The smallest absolute Gasteiger partial charge is 0.274 e. The first-order valence-corrected chi connectivity index (χ1v) is 7.10. The van der Waals surface area contributed by atoms with Gasteiger partial charge in [-0.1, -0.05) is 28.9 Å². The Balaban J connectivity index is 2.67. The molecule has 0 aliphatic carbocycles. The summed E-state index contributed by atoms with van der Waals surface area (Å²) >= 11 is 4.82. The van der Waals surface area contributed by atoms with Gasteiger partial charge in [-0.15, -0.1) is 0 Å². The molecule has 17 heavy (non-hydrogen) atoms. The number of thioether (sulfide) groups is 1. The van der Waals surface area contributed by atoms with Gasteiger partial charge in [0.25, 0.3) is 5.69 Å². The van der Waals surface area contributed by atoms with Crippen LogP contribution in [-0.2, 0) is 5.75 Å². The number of benzene rings is 1. The van der Waals surface area contributed by atoms with Crippen molar-refractivity contribution in [1.82, 2.24) is 0 Å². The van der Waals surface area contributed by atoms with Crippen LogP contribution in [0.3, 0.4) is 0 Å². The van der Waals surface area contributed by atoms with Gasteiger partial charge < -0.3 is 5.11 Å². The van der Waals surface area contributed by atoms with E-state index in [1.54, 1.807) is 23.9 Å². The van der Waals surface area contributed by atoms with E-state index < -0.39 is 0 Å². The van der Waals surface area contributed by atoms with Crippen molar-refractivity contribution in [2.75, 3.05) is 12.4 Å². The van der Waals surface area contributed by atoms with Crippen molar-refractivity contribution in [3.8, 4) is 0 Å². The first-order valence-electron chi connectivity index (χ1n) is 5.16. The van der Waals surface area contributed by atoms with Crippen molar-refractivity contribution in [2.45, 2.75) is 12.7 Å². The number of aliphatic hydroxyl groups excluding tert-OH is 1. The van der Waals surface area contributed by atoms with E-state index in [4.69, 9.17) is 5.11 Å². The molecule has 1 rings (SSSR count). The molecule has 0 spiro atoms. The van der Waals surface area contributed by atoms with Gasteiger partial charge in [0.2, 0.25) is 0 Å². The number of nitro benzene ring substituents is 1. The van der Waals surface area contributed by atoms with Crippen LogP contribution >= 0.6 is 27.7 Å². The number of aliphatic hydroxyl groups is 1. The standard InChI is InChI=1S/C11H14BrNO3S/c1-8(5-14)6-17-7-9-2-3-10(12)4-11(9)13(15)16/h2-4,8,14H,5-7H2,1H3. The number of halogens is 1. The summed E-state index contributed by atoms with van der Waals surface area (Å²) in [4.78, 5) is 10.5. The molecule has 0 bridgehead atoms. The summed E-state index contributed by atoms with van der Waals surface area (Å²) < 4.78 is 0.710. The summed E-state index contributed by atoms with van der Waals surface area (Å²) in [6.07, 6.45) is 0. The highest BCUT2D eigenvalue weighted by Crippen LogP contribution is 2.27. The Morgan fingerprint density at radius 2 is 2.29 bits per heavy atom. The van der Waals surface area contributed by atoms with Gasteiger partial charge in [0, 0.05) is 28.5 Å². The van der Waals surface area contributed by atoms with Crippen molar-refractivity contribution in [1.29, 1.82) is 0 Å². The van der Waals surface area contributed by atoms with Crippen LogP contribution in [0.2, 0.25) is 0 Å².